The Bertz CT molecular complexity index is 423. The highest BCUT2D eigenvalue weighted by atomic mass is 16.5. The van der Waals surface area contributed by atoms with Crippen LogP contribution >= 0.6 is 0 Å². The Hall–Kier alpha value is -1.84. The van der Waals surface area contributed by atoms with Crippen LogP contribution in [-0.2, 0) is 4.74 Å². The van der Waals surface area contributed by atoms with Gasteiger partial charge in [-0.25, -0.2) is 4.79 Å². The number of Topliss-reactive ketones (excluding diaryl/α,β-unsaturated/α-hetero) is 1. The molecule has 0 aliphatic carbocycles. The van der Waals surface area contributed by atoms with E-state index < -0.39 is 5.97 Å². The van der Waals surface area contributed by atoms with Crippen molar-refractivity contribution < 1.29 is 19.1 Å². The van der Waals surface area contributed by atoms with Gasteiger partial charge in [0.15, 0.2) is 5.78 Å². The van der Waals surface area contributed by atoms with Crippen LogP contribution in [0.4, 0.5) is 0 Å². The molecule has 4 heteroatoms. The largest absolute Gasteiger partial charge is 0.496 e. The van der Waals surface area contributed by atoms with Crippen molar-refractivity contribution in [3.05, 3.63) is 29.3 Å². The van der Waals surface area contributed by atoms with Gasteiger partial charge in [-0.2, -0.15) is 0 Å². The fourth-order valence-electron chi connectivity index (χ4n) is 1.45. The van der Waals surface area contributed by atoms with Crippen LogP contribution in [-0.4, -0.2) is 25.5 Å². The highest BCUT2D eigenvalue weighted by molar-refractivity contribution is 6.00. The van der Waals surface area contributed by atoms with Gasteiger partial charge in [0.05, 0.1) is 24.8 Å². The number of ether oxygens (including phenoxy) is 2. The third-order valence-corrected chi connectivity index (χ3v) is 2.33. The van der Waals surface area contributed by atoms with Crippen molar-refractivity contribution in [1.82, 2.24) is 0 Å². The predicted molar refractivity (Wildman–Crippen MR) is 63.6 cm³/mol. The molecule has 0 saturated carbocycles. The fourth-order valence-corrected chi connectivity index (χ4v) is 1.45. The van der Waals surface area contributed by atoms with Gasteiger partial charge in [-0.15, -0.1) is 0 Å². The zero-order chi connectivity index (χ0) is 12.8. The molecule has 0 amide bonds. The van der Waals surface area contributed by atoms with Crippen molar-refractivity contribution in [1.29, 1.82) is 0 Å². The van der Waals surface area contributed by atoms with E-state index in [9.17, 15) is 9.59 Å². The molecule has 0 N–H and O–H groups in total. The highest BCUT2D eigenvalue weighted by Gasteiger charge is 2.14. The Labute approximate surface area is 101 Å². The molecule has 0 heterocycles. The van der Waals surface area contributed by atoms with E-state index in [1.54, 1.807) is 26.0 Å². The normalized spacial score (nSPS) is 9.82. The van der Waals surface area contributed by atoms with Gasteiger partial charge in [-0.3, -0.25) is 4.79 Å². The third kappa shape index (κ3) is 3.06. The molecular weight excluding hydrogens is 220 g/mol. The minimum Gasteiger partial charge on any atom is -0.496 e. The fraction of sp³-hybridized carbons (Fsp3) is 0.385. The number of benzene rings is 1. The number of carbonyl (C=O) groups excluding carboxylic acids is 2. The molecule has 0 atom stereocenters. The zero-order valence-electron chi connectivity index (χ0n) is 10.3. The molecule has 1 aromatic carbocycles. The van der Waals surface area contributed by atoms with Gasteiger partial charge >= 0.3 is 5.97 Å². The lowest BCUT2D eigenvalue weighted by Crippen LogP contribution is -2.07. The third-order valence-electron chi connectivity index (χ3n) is 2.33. The Morgan fingerprint density at radius 3 is 2.47 bits per heavy atom. The quantitative estimate of drug-likeness (QED) is 0.582. The van der Waals surface area contributed by atoms with E-state index in [0.29, 0.717) is 29.9 Å². The molecule has 1 rings (SSSR count). The lowest BCUT2D eigenvalue weighted by Gasteiger charge is -2.08. The molecule has 0 aliphatic rings. The van der Waals surface area contributed by atoms with Crippen molar-refractivity contribution in [3.8, 4) is 5.75 Å². The molecule has 0 radical (unpaired) electrons. The average molecular weight is 236 g/mol. The predicted octanol–water partition coefficient (Wildman–Crippen LogP) is 2.46. The van der Waals surface area contributed by atoms with Crippen molar-refractivity contribution in [2.75, 3.05) is 13.7 Å². The molecule has 0 saturated heterocycles. The maximum absolute atomic E-state index is 11.6. The van der Waals surface area contributed by atoms with E-state index in [1.807, 2.05) is 0 Å². The van der Waals surface area contributed by atoms with Gasteiger partial charge in [-0.05, 0) is 25.1 Å². The van der Waals surface area contributed by atoms with Gasteiger partial charge in [0.1, 0.15) is 5.75 Å². The summed E-state index contributed by atoms with van der Waals surface area (Å²) in [5, 5.41) is 0. The summed E-state index contributed by atoms with van der Waals surface area (Å²) in [5.74, 6) is -0.0269. The molecule has 1 aromatic rings. The first-order valence-electron chi connectivity index (χ1n) is 5.52. The number of esters is 1. The van der Waals surface area contributed by atoms with E-state index >= 15 is 0 Å². The first kappa shape index (κ1) is 13.2. The van der Waals surface area contributed by atoms with Crippen LogP contribution in [0.2, 0.25) is 0 Å². The average Bonchev–Trinajstić information content (AvgIpc) is 2.37. The lowest BCUT2D eigenvalue weighted by atomic mass is 10.1. The van der Waals surface area contributed by atoms with Gasteiger partial charge in [0.2, 0.25) is 0 Å². The SMILES string of the molecule is CCOC(=O)c1ccc(C(=O)CC)c(OC)c1. The summed E-state index contributed by atoms with van der Waals surface area (Å²) in [7, 11) is 1.47. The van der Waals surface area contributed by atoms with Gasteiger partial charge in [0.25, 0.3) is 0 Å². The minimum atomic E-state index is -0.415. The smallest absolute Gasteiger partial charge is 0.338 e. The Morgan fingerprint density at radius 2 is 1.94 bits per heavy atom. The van der Waals surface area contributed by atoms with Gasteiger partial charge in [0, 0.05) is 6.42 Å². The Morgan fingerprint density at radius 1 is 1.24 bits per heavy atom. The molecule has 0 unspecified atom stereocenters. The van der Waals surface area contributed by atoms with E-state index in [2.05, 4.69) is 0 Å². The number of methoxy groups -OCH3 is 1. The van der Waals surface area contributed by atoms with E-state index in [0.717, 1.165) is 0 Å². The number of carbonyl (C=O) groups is 2. The van der Waals surface area contributed by atoms with Crippen molar-refractivity contribution in [3.63, 3.8) is 0 Å². The summed E-state index contributed by atoms with van der Waals surface area (Å²) in [6, 6.07) is 4.70. The number of hydrogen-bond acceptors (Lipinski definition) is 4. The molecule has 17 heavy (non-hydrogen) atoms. The Balaban J connectivity index is 3.08. The summed E-state index contributed by atoms with van der Waals surface area (Å²) < 4.78 is 9.98. The molecule has 0 bridgehead atoms. The topological polar surface area (TPSA) is 52.6 Å². The van der Waals surface area contributed by atoms with Crippen molar-refractivity contribution >= 4 is 11.8 Å². The second-order valence-corrected chi connectivity index (χ2v) is 3.41. The van der Waals surface area contributed by atoms with Gasteiger partial charge < -0.3 is 9.47 Å². The van der Waals surface area contributed by atoms with Crippen LogP contribution < -0.4 is 4.74 Å². The lowest BCUT2D eigenvalue weighted by molar-refractivity contribution is 0.0525. The van der Waals surface area contributed by atoms with Crippen LogP contribution in [0, 0.1) is 0 Å². The summed E-state index contributed by atoms with van der Waals surface area (Å²) in [4.78, 5) is 23.1. The van der Waals surface area contributed by atoms with Crippen LogP contribution in [0.25, 0.3) is 0 Å². The van der Waals surface area contributed by atoms with E-state index in [1.165, 1.54) is 13.2 Å². The minimum absolute atomic E-state index is 0.0164. The summed E-state index contributed by atoms with van der Waals surface area (Å²) in [6.45, 7) is 3.84. The molecule has 92 valence electrons. The first-order chi connectivity index (χ1) is 8.13. The van der Waals surface area contributed by atoms with Crippen LogP contribution in [0.5, 0.6) is 5.75 Å². The highest BCUT2D eigenvalue weighted by Crippen LogP contribution is 2.22. The Kier molecular flexibility index (Phi) is 4.69. The van der Waals surface area contributed by atoms with E-state index in [-0.39, 0.29) is 5.78 Å². The summed E-state index contributed by atoms with van der Waals surface area (Å²) in [5.41, 5.74) is 0.874. The van der Waals surface area contributed by atoms with Crippen molar-refractivity contribution in [2.45, 2.75) is 20.3 Å². The first-order valence-corrected chi connectivity index (χ1v) is 5.52. The maximum atomic E-state index is 11.6. The molecule has 0 aromatic heterocycles. The molecule has 4 nitrogen and oxygen atoms in total. The van der Waals surface area contributed by atoms with Crippen LogP contribution in [0.15, 0.2) is 18.2 Å². The zero-order valence-corrected chi connectivity index (χ0v) is 10.3. The monoisotopic (exact) mass is 236 g/mol. The number of rotatable bonds is 5. The molecular formula is C13H16O4. The number of ketones is 1. The second kappa shape index (κ2) is 6.03. The summed E-state index contributed by atoms with van der Waals surface area (Å²) in [6.07, 6.45) is 0.398. The molecule has 0 fully saturated rings. The summed E-state index contributed by atoms with van der Waals surface area (Å²) >= 11 is 0. The van der Waals surface area contributed by atoms with E-state index in [4.69, 9.17) is 9.47 Å². The number of hydrogen-bond donors (Lipinski definition) is 0. The van der Waals surface area contributed by atoms with Gasteiger partial charge in [-0.1, -0.05) is 6.92 Å². The maximum Gasteiger partial charge on any atom is 0.338 e. The molecule has 0 spiro atoms. The second-order valence-electron chi connectivity index (χ2n) is 3.41. The van der Waals surface area contributed by atoms with Crippen molar-refractivity contribution in [2.24, 2.45) is 0 Å². The standard InChI is InChI=1S/C13H16O4/c1-4-11(14)10-7-6-9(8-12(10)16-3)13(15)17-5-2/h6-8H,4-5H2,1-3H3. The molecule has 0 aliphatic heterocycles. The van der Waals surface area contributed by atoms with Crippen LogP contribution in [0.1, 0.15) is 41.0 Å². The van der Waals surface area contributed by atoms with Crippen LogP contribution in [0.3, 0.4) is 0 Å².